The first-order valence-electron chi connectivity index (χ1n) is 5.59. The van der Waals surface area contributed by atoms with Crippen molar-refractivity contribution in [3.63, 3.8) is 0 Å². The molecular weight excluding hydrogens is 276 g/mol. The van der Waals surface area contributed by atoms with Crippen LogP contribution in [0.3, 0.4) is 0 Å². The lowest BCUT2D eigenvalue weighted by Gasteiger charge is -2.12. The molecule has 0 aliphatic heterocycles. The first kappa shape index (κ1) is 12.2. The second-order valence-corrected chi connectivity index (χ2v) is 4.45. The third-order valence-electron chi connectivity index (χ3n) is 2.82. The summed E-state index contributed by atoms with van der Waals surface area (Å²) in [6.45, 7) is 0. The Labute approximate surface area is 111 Å². The van der Waals surface area contributed by atoms with E-state index >= 15 is 0 Å². The summed E-state index contributed by atoms with van der Waals surface area (Å²) in [5.74, 6) is 0.964. The SMILES string of the molecule is COc1cccc(CBr)c1Cc1ccccc1. The van der Waals surface area contributed by atoms with Gasteiger partial charge in [-0.15, -0.1) is 0 Å². The zero-order valence-corrected chi connectivity index (χ0v) is 11.4. The van der Waals surface area contributed by atoms with Gasteiger partial charge in [-0.25, -0.2) is 0 Å². The number of rotatable bonds is 4. The van der Waals surface area contributed by atoms with Gasteiger partial charge in [0.2, 0.25) is 0 Å². The van der Waals surface area contributed by atoms with E-state index in [0.717, 1.165) is 17.5 Å². The van der Waals surface area contributed by atoms with E-state index in [1.54, 1.807) is 7.11 Å². The fourth-order valence-electron chi connectivity index (χ4n) is 1.93. The van der Waals surface area contributed by atoms with Crippen molar-refractivity contribution in [3.05, 3.63) is 65.2 Å². The summed E-state index contributed by atoms with van der Waals surface area (Å²) in [5.41, 5.74) is 3.85. The van der Waals surface area contributed by atoms with Gasteiger partial charge in [0, 0.05) is 17.3 Å². The maximum atomic E-state index is 5.44. The monoisotopic (exact) mass is 290 g/mol. The highest BCUT2D eigenvalue weighted by molar-refractivity contribution is 9.08. The second-order valence-electron chi connectivity index (χ2n) is 3.89. The van der Waals surface area contributed by atoms with Crippen molar-refractivity contribution >= 4 is 15.9 Å². The van der Waals surface area contributed by atoms with Gasteiger partial charge in [0.15, 0.2) is 0 Å². The topological polar surface area (TPSA) is 9.23 Å². The molecular formula is C15H15BrO. The van der Waals surface area contributed by atoms with Crippen LogP contribution in [0.5, 0.6) is 5.75 Å². The first-order chi connectivity index (χ1) is 8.35. The number of benzene rings is 2. The van der Waals surface area contributed by atoms with E-state index in [1.165, 1.54) is 16.7 Å². The van der Waals surface area contributed by atoms with E-state index in [9.17, 15) is 0 Å². The van der Waals surface area contributed by atoms with E-state index in [2.05, 4.69) is 46.3 Å². The smallest absolute Gasteiger partial charge is 0.122 e. The summed E-state index contributed by atoms with van der Waals surface area (Å²) in [5, 5.41) is 0.854. The van der Waals surface area contributed by atoms with Gasteiger partial charge in [-0.1, -0.05) is 58.4 Å². The maximum Gasteiger partial charge on any atom is 0.122 e. The van der Waals surface area contributed by atoms with Crippen molar-refractivity contribution in [1.82, 2.24) is 0 Å². The maximum absolute atomic E-state index is 5.44. The highest BCUT2D eigenvalue weighted by Crippen LogP contribution is 2.26. The minimum Gasteiger partial charge on any atom is -0.496 e. The predicted molar refractivity (Wildman–Crippen MR) is 74.9 cm³/mol. The molecule has 2 aromatic carbocycles. The molecule has 2 aromatic rings. The lowest BCUT2D eigenvalue weighted by Crippen LogP contribution is -1.98. The predicted octanol–water partition coefficient (Wildman–Crippen LogP) is 4.18. The third-order valence-corrected chi connectivity index (χ3v) is 3.42. The number of halogens is 1. The van der Waals surface area contributed by atoms with Crippen LogP contribution in [0.15, 0.2) is 48.5 Å². The van der Waals surface area contributed by atoms with Gasteiger partial charge in [-0.2, -0.15) is 0 Å². The zero-order chi connectivity index (χ0) is 12.1. The normalized spacial score (nSPS) is 10.2. The van der Waals surface area contributed by atoms with E-state index < -0.39 is 0 Å². The molecule has 0 spiro atoms. The highest BCUT2D eigenvalue weighted by Gasteiger charge is 2.08. The van der Waals surface area contributed by atoms with E-state index in [4.69, 9.17) is 4.74 Å². The van der Waals surface area contributed by atoms with Crippen molar-refractivity contribution in [3.8, 4) is 5.75 Å². The van der Waals surface area contributed by atoms with Gasteiger partial charge < -0.3 is 4.74 Å². The standard InChI is InChI=1S/C15H15BrO/c1-17-15-9-5-8-13(11-16)14(15)10-12-6-3-2-4-7-12/h2-9H,10-11H2,1H3. The molecule has 0 atom stereocenters. The van der Waals surface area contributed by atoms with Crippen molar-refractivity contribution in [2.24, 2.45) is 0 Å². The summed E-state index contributed by atoms with van der Waals surface area (Å²) in [6.07, 6.45) is 0.909. The van der Waals surface area contributed by atoms with Crippen LogP contribution < -0.4 is 4.74 Å². The Morgan fingerprint density at radius 2 is 1.76 bits per heavy atom. The number of hydrogen-bond donors (Lipinski definition) is 0. The lowest BCUT2D eigenvalue weighted by atomic mass is 9.99. The number of alkyl halides is 1. The molecule has 2 heteroatoms. The molecule has 2 rings (SSSR count). The molecule has 0 fully saturated rings. The van der Waals surface area contributed by atoms with Gasteiger partial charge in [0.05, 0.1) is 7.11 Å². The Balaban J connectivity index is 2.37. The van der Waals surface area contributed by atoms with Crippen molar-refractivity contribution in [1.29, 1.82) is 0 Å². The fraction of sp³-hybridized carbons (Fsp3) is 0.200. The Morgan fingerprint density at radius 1 is 1.00 bits per heavy atom. The zero-order valence-electron chi connectivity index (χ0n) is 9.82. The molecule has 0 saturated heterocycles. The van der Waals surface area contributed by atoms with Crippen LogP contribution in [0.4, 0.5) is 0 Å². The van der Waals surface area contributed by atoms with Crippen LogP contribution >= 0.6 is 15.9 Å². The molecule has 1 nitrogen and oxygen atoms in total. The van der Waals surface area contributed by atoms with E-state index in [1.807, 2.05) is 18.2 Å². The first-order valence-corrected chi connectivity index (χ1v) is 6.72. The molecule has 0 bridgehead atoms. The second kappa shape index (κ2) is 5.87. The van der Waals surface area contributed by atoms with Crippen molar-refractivity contribution in [2.45, 2.75) is 11.8 Å². The minimum atomic E-state index is 0.854. The minimum absolute atomic E-state index is 0.854. The Morgan fingerprint density at radius 3 is 2.41 bits per heavy atom. The van der Waals surface area contributed by atoms with Crippen molar-refractivity contribution < 1.29 is 4.74 Å². The van der Waals surface area contributed by atoms with E-state index in [-0.39, 0.29) is 0 Å². The summed E-state index contributed by atoms with van der Waals surface area (Å²) < 4.78 is 5.44. The van der Waals surface area contributed by atoms with Gasteiger partial charge in [-0.05, 0) is 17.2 Å². The molecule has 0 N–H and O–H groups in total. The highest BCUT2D eigenvalue weighted by atomic mass is 79.9. The molecule has 0 unspecified atom stereocenters. The van der Waals surface area contributed by atoms with Gasteiger partial charge in [-0.3, -0.25) is 0 Å². The molecule has 0 aromatic heterocycles. The molecule has 0 saturated carbocycles. The quantitative estimate of drug-likeness (QED) is 0.768. The average molecular weight is 291 g/mol. The molecule has 0 heterocycles. The number of ether oxygens (including phenoxy) is 1. The molecule has 17 heavy (non-hydrogen) atoms. The summed E-state index contributed by atoms with van der Waals surface area (Å²) in [4.78, 5) is 0. The Hall–Kier alpha value is -1.28. The summed E-state index contributed by atoms with van der Waals surface area (Å²) in [6, 6.07) is 16.6. The number of methoxy groups -OCH3 is 1. The van der Waals surface area contributed by atoms with Crippen LogP contribution in [0.2, 0.25) is 0 Å². The molecule has 0 radical (unpaired) electrons. The van der Waals surface area contributed by atoms with Gasteiger partial charge >= 0.3 is 0 Å². The van der Waals surface area contributed by atoms with Gasteiger partial charge in [0.1, 0.15) is 5.75 Å². The molecule has 0 aliphatic rings. The lowest BCUT2D eigenvalue weighted by molar-refractivity contribution is 0.410. The van der Waals surface area contributed by atoms with Gasteiger partial charge in [0.25, 0.3) is 0 Å². The number of hydrogen-bond acceptors (Lipinski definition) is 1. The van der Waals surface area contributed by atoms with Crippen molar-refractivity contribution in [2.75, 3.05) is 7.11 Å². The summed E-state index contributed by atoms with van der Waals surface area (Å²) >= 11 is 3.53. The molecule has 0 aliphatic carbocycles. The van der Waals surface area contributed by atoms with E-state index in [0.29, 0.717) is 0 Å². The van der Waals surface area contributed by atoms with Crippen LogP contribution in [-0.4, -0.2) is 7.11 Å². The van der Waals surface area contributed by atoms with Crippen LogP contribution in [0, 0.1) is 0 Å². The largest absolute Gasteiger partial charge is 0.496 e. The Bertz CT molecular complexity index is 457. The fourth-order valence-corrected chi connectivity index (χ4v) is 2.45. The Kier molecular flexibility index (Phi) is 4.21. The average Bonchev–Trinajstić information content (AvgIpc) is 2.40. The molecule has 88 valence electrons. The third kappa shape index (κ3) is 2.89. The molecule has 0 amide bonds. The van der Waals surface area contributed by atoms with Crippen LogP contribution in [0.1, 0.15) is 16.7 Å². The summed E-state index contributed by atoms with van der Waals surface area (Å²) in [7, 11) is 1.72. The van der Waals surface area contributed by atoms with Crippen LogP contribution in [-0.2, 0) is 11.8 Å². The van der Waals surface area contributed by atoms with Crippen LogP contribution in [0.25, 0.3) is 0 Å².